The first-order valence-corrected chi connectivity index (χ1v) is 4.36. The van der Waals surface area contributed by atoms with E-state index in [1.54, 1.807) is 0 Å². The number of nitrogens with one attached hydrogen (secondary N) is 1. The summed E-state index contributed by atoms with van der Waals surface area (Å²) in [6.07, 6.45) is -0.888. The molecule has 76 valence electrons. The Labute approximate surface area is 75.1 Å². The van der Waals surface area contributed by atoms with E-state index in [4.69, 9.17) is 0 Å². The van der Waals surface area contributed by atoms with Gasteiger partial charge in [-0.05, 0) is 25.7 Å². The van der Waals surface area contributed by atoms with Crippen LogP contribution in [0.25, 0.3) is 0 Å². The molecule has 1 aliphatic carbocycles. The molecule has 0 spiro atoms. The lowest BCUT2D eigenvalue weighted by molar-refractivity contribution is -0.132. The third-order valence-corrected chi connectivity index (χ3v) is 2.19. The highest BCUT2D eigenvalue weighted by atomic mass is 19.3. The van der Waals surface area contributed by atoms with E-state index in [0.717, 1.165) is 6.42 Å². The molecule has 0 aromatic rings. The van der Waals surface area contributed by atoms with Gasteiger partial charge in [0.2, 0.25) is 0 Å². The fourth-order valence-corrected chi connectivity index (χ4v) is 1.56. The van der Waals surface area contributed by atoms with E-state index in [1.165, 1.54) is 0 Å². The average Bonchev–Trinajstić information content (AvgIpc) is 2.04. The molecule has 1 saturated carbocycles. The second kappa shape index (κ2) is 4.50. The van der Waals surface area contributed by atoms with Gasteiger partial charge in [-0.15, -0.1) is 0 Å². The van der Waals surface area contributed by atoms with E-state index < -0.39 is 18.4 Å². The van der Waals surface area contributed by atoms with Crippen molar-refractivity contribution in [2.24, 2.45) is 0 Å². The van der Waals surface area contributed by atoms with Crippen LogP contribution in [0, 0.1) is 0 Å². The summed E-state index contributed by atoms with van der Waals surface area (Å²) in [4.78, 5) is 10.6. The van der Waals surface area contributed by atoms with Crippen LogP contribution in [0.4, 0.5) is 8.78 Å². The van der Waals surface area contributed by atoms with Crippen LogP contribution in [0.5, 0.6) is 0 Å². The predicted octanol–water partition coefficient (Wildman–Crippen LogP) is 0.671. The lowest BCUT2D eigenvalue weighted by Gasteiger charge is -2.26. The van der Waals surface area contributed by atoms with Gasteiger partial charge in [-0.3, -0.25) is 4.79 Å². The van der Waals surface area contributed by atoms with Crippen molar-refractivity contribution in [1.82, 2.24) is 5.32 Å². The molecule has 0 aromatic carbocycles. The maximum Gasteiger partial charge on any atom is 0.315 e. The monoisotopic (exact) mass is 193 g/mol. The van der Waals surface area contributed by atoms with Crippen molar-refractivity contribution >= 4 is 5.91 Å². The van der Waals surface area contributed by atoms with Gasteiger partial charge < -0.3 is 10.4 Å². The summed E-state index contributed by atoms with van der Waals surface area (Å²) >= 11 is 0. The molecule has 0 bridgehead atoms. The van der Waals surface area contributed by atoms with E-state index in [9.17, 15) is 18.7 Å². The zero-order valence-electron chi connectivity index (χ0n) is 7.17. The van der Waals surface area contributed by atoms with Gasteiger partial charge in [0.1, 0.15) is 0 Å². The molecule has 0 aliphatic heterocycles. The van der Waals surface area contributed by atoms with Crippen LogP contribution in [0.3, 0.4) is 0 Å². The van der Waals surface area contributed by atoms with Crippen LogP contribution in [0.15, 0.2) is 0 Å². The standard InChI is InChI=1S/C8H13F2NO2/c9-7(10)8(13)11-5-2-1-3-6(12)4-5/h5-7,12H,1-4H2,(H,11,13). The van der Waals surface area contributed by atoms with Gasteiger partial charge >= 0.3 is 6.43 Å². The quantitative estimate of drug-likeness (QED) is 0.677. The summed E-state index contributed by atoms with van der Waals surface area (Å²) in [5.74, 6) is -1.24. The molecule has 3 nitrogen and oxygen atoms in total. The van der Waals surface area contributed by atoms with Crippen LogP contribution >= 0.6 is 0 Å². The molecule has 1 aliphatic rings. The molecule has 1 rings (SSSR count). The molecule has 2 N–H and O–H groups in total. The third kappa shape index (κ3) is 3.26. The minimum atomic E-state index is -2.96. The number of alkyl halides is 2. The highest BCUT2D eigenvalue weighted by Crippen LogP contribution is 2.18. The SMILES string of the molecule is O=C(NC1CCCC(O)C1)C(F)F. The lowest BCUT2D eigenvalue weighted by Crippen LogP contribution is -2.42. The summed E-state index contributed by atoms with van der Waals surface area (Å²) in [6.45, 7) is 0. The van der Waals surface area contributed by atoms with Crippen molar-refractivity contribution in [3.8, 4) is 0 Å². The normalized spacial score (nSPS) is 28.9. The fourth-order valence-electron chi connectivity index (χ4n) is 1.56. The largest absolute Gasteiger partial charge is 0.393 e. The second-order valence-electron chi connectivity index (χ2n) is 3.33. The number of aliphatic hydroxyl groups is 1. The molecule has 1 fully saturated rings. The maximum atomic E-state index is 11.8. The van der Waals surface area contributed by atoms with Crippen molar-refractivity contribution in [1.29, 1.82) is 0 Å². The molecule has 13 heavy (non-hydrogen) atoms. The summed E-state index contributed by atoms with van der Waals surface area (Å²) in [6, 6.07) is -0.287. The molecular weight excluding hydrogens is 180 g/mol. The number of hydrogen-bond acceptors (Lipinski definition) is 2. The van der Waals surface area contributed by atoms with Gasteiger partial charge in [0.05, 0.1) is 6.10 Å². The Hall–Kier alpha value is -0.710. The number of aliphatic hydroxyl groups excluding tert-OH is 1. The number of rotatable bonds is 2. The van der Waals surface area contributed by atoms with Crippen LogP contribution in [0.2, 0.25) is 0 Å². The molecule has 2 atom stereocenters. The van der Waals surface area contributed by atoms with Crippen LogP contribution in [-0.2, 0) is 4.79 Å². The zero-order valence-corrected chi connectivity index (χ0v) is 7.17. The van der Waals surface area contributed by atoms with Crippen LogP contribution in [-0.4, -0.2) is 29.6 Å². The highest BCUT2D eigenvalue weighted by Gasteiger charge is 2.24. The predicted molar refractivity (Wildman–Crippen MR) is 42.4 cm³/mol. The molecule has 0 heterocycles. The van der Waals surface area contributed by atoms with Gasteiger partial charge in [0.15, 0.2) is 0 Å². The van der Waals surface area contributed by atoms with Gasteiger partial charge in [0.25, 0.3) is 5.91 Å². The summed E-state index contributed by atoms with van der Waals surface area (Å²) < 4.78 is 23.6. The minimum Gasteiger partial charge on any atom is -0.393 e. The molecule has 0 radical (unpaired) electrons. The highest BCUT2D eigenvalue weighted by molar-refractivity contribution is 5.79. The first kappa shape index (κ1) is 10.4. The Morgan fingerprint density at radius 1 is 1.46 bits per heavy atom. The molecule has 0 aromatic heterocycles. The molecule has 1 amide bonds. The summed E-state index contributed by atoms with van der Waals surface area (Å²) in [7, 11) is 0. The summed E-state index contributed by atoms with van der Waals surface area (Å²) in [5.41, 5.74) is 0. The molecule has 2 unspecified atom stereocenters. The number of carbonyl (C=O) groups excluding carboxylic acids is 1. The van der Waals surface area contributed by atoms with Crippen molar-refractivity contribution in [3.63, 3.8) is 0 Å². The van der Waals surface area contributed by atoms with E-state index in [0.29, 0.717) is 19.3 Å². The number of halogens is 2. The first-order chi connectivity index (χ1) is 6.09. The van der Waals surface area contributed by atoms with E-state index >= 15 is 0 Å². The zero-order chi connectivity index (χ0) is 9.84. The Kier molecular flexibility index (Phi) is 3.59. The molecule has 5 heteroatoms. The first-order valence-electron chi connectivity index (χ1n) is 4.36. The van der Waals surface area contributed by atoms with Gasteiger partial charge in [-0.25, -0.2) is 0 Å². The smallest absolute Gasteiger partial charge is 0.315 e. The Morgan fingerprint density at radius 3 is 2.69 bits per heavy atom. The van der Waals surface area contributed by atoms with Gasteiger partial charge in [-0.2, -0.15) is 8.78 Å². The number of carbonyl (C=O) groups is 1. The van der Waals surface area contributed by atoms with E-state index in [-0.39, 0.29) is 6.04 Å². The van der Waals surface area contributed by atoms with Crippen LogP contribution in [0.1, 0.15) is 25.7 Å². The second-order valence-corrected chi connectivity index (χ2v) is 3.33. The average molecular weight is 193 g/mol. The maximum absolute atomic E-state index is 11.8. The van der Waals surface area contributed by atoms with E-state index in [2.05, 4.69) is 5.32 Å². The minimum absolute atomic E-state index is 0.287. The number of amides is 1. The summed E-state index contributed by atoms with van der Waals surface area (Å²) in [5, 5.41) is 11.4. The Morgan fingerprint density at radius 2 is 2.15 bits per heavy atom. The van der Waals surface area contributed by atoms with Gasteiger partial charge in [0, 0.05) is 6.04 Å². The van der Waals surface area contributed by atoms with E-state index in [1.807, 2.05) is 0 Å². The van der Waals surface area contributed by atoms with Gasteiger partial charge in [-0.1, -0.05) is 0 Å². The topological polar surface area (TPSA) is 49.3 Å². The van der Waals surface area contributed by atoms with Crippen molar-refractivity contribution in [2.45, 2.75) is 44.3 Å². The number of hydrogen-bond donors (Lipinski definition) is 2. The Balaban J connectivity index is 2.31. The molecular formula is C8H13F2NO2. The van der Waals surface area contributed by atoms with Crippen molar-refractivity contribution in [3.05, 3.63) is 0 Å². The third-order valence-electron chi connectivity index (χ3n) is 2.19. The van der Waals surface area contributed by atoms with Crippen molar-refractivity contribution < 1.29 is 18.7 Å². The van der Waals surface area contributed by atoms with Crippen LogP contribution < -0.4 is 5.32 Å². The Bertz CT molecular complexity index is 187. The molecule has 0 saturated heterocycles. The lowest BCUT2D eigenvalue weighted by atomic mass is 9.93. The van der Waals surface area contributed by atoms with Crippen molar-refractivity contribution in [2.75, 3.05) is 0 Å². The fraction of sp³-hybridized carbons (Fsp3) is 0.875.